The van der Waals surface area contributed by atoms with E-state index in [4.69, 9.17) is 9.47 Å². The first kappa shape index (κ1) is 24.9. The Kier molecular flexibility index (Phi) is 8.65. The lowest BCUT2D eigenvalue weighted by Gasteiger charge is -2.33. The number of amides is 1. The van der Waals surface area contributed by atoms with Gasteiger partial charge in [0.15, 0.2) is 0 Å². The number of carbonyl (C=O) groups is 1. The van der Waals surface area contributed by atoms with E-state index in [0.29, 0.717) is 6.61 Å². The van der Waals surface area contributed by atoms with Gasteiger partial charge >= 0.3 is 6.09 Å². The van der Waals surface area contributed by atoms with Crippen LogP contribution in [0.4, 0.5) is 10.5 Å². The Balaban J connectivity index is 0.00000149. The van der Waals surface area contributed by atoms with Crippen molar-refractivity contribution in [3.63, 3.8) is 0 Å². The number of carbonyl (C=O) groups excluding carboxylic acids is 1. The van der Waals surface area contributed by atoms with Crippen molar-refractivity contribution in [1.29, 1.82) is 0 Å². The van der Waals surface area contributed by atoms with Gasteiger partial charge in [-0.2, -0.15) is 0 Å². The molecule has 33 heavy (non-hydrogen) atoms. The fourth-order valence-electron chi connectivity index (χ4n) is 4.10. The van der Waals surface area contributed by atoms with Crippen molar-refractivity contribution < 1.29 is 14.3 Å². The third kappa shape index (κ3) is 7.15. The van der Waals surface area contributed by atoms with Gasteiger partial charge in [-0.1, -0.05) is 38.1 Å². The predicted octanol–water partition coefficient (Wildman–Crippen LogP) is 6.29. The average Bonchev–Trinajstić information content (AvgIpc) is 3.23. The van der Waals surface area contributed by atoms with E-state index >= 15 is 0 Å². The highest BCUT2D eigenvalue weighted by atomic mass is 16.6. The van der Waals surface area contributed by atoms with E-state index in [0.717, 1.165) is 31.6 Å². The molecule has 5 nitrogen and oxygen atoms in total. The van der Waals surface area contributed by atoms with E-state index in [2.05, 4.69) is 41.3 Å². The lowest BCUT2D eigenvalue weighted by molar-refractivity contribution is 0.0187. The standard InChI is InChI=1S/C26H34N2O3.C2H6/c1-26(2,3)31-25(29)28-17-4-6-23(28)19-30-24-13-9-21(10-14-24)18-20-7-11-22(12-8-20)27-15-5-16-27;1-2/h7-14,23H,4-6,15-19H2,1-3H3;1-2H3. The SMILES string of the molecule is CC.CC(C)(C)OC(=O)N1CCCC1COc1ccc(Cc2ccc(N3CCC3)cc2)cc1. The summed E-state index contributed by atoms with van der Waals surface area (Å²) in [5.41, 5.74) is 3.43. The van der Waals surface area contributed by atoms with Crippen molar-refractivity contribution in [3.8, 4) is 5.75 Å². The van der Waals surface area contributed by atoms with Gasteiger partial charge in [0.05, 0.1) is 6.04 Å². The highest BCUT2D eigenvalue weighted by molar-refractivity contribution is 5.69. The van der Waals surface area contributed by atoms with Gasteiger partial charge in [0.25, 0.3) is 0 Å². The molecule has 2 aliphatic heterocycles. The first-order valence-electron chi connectivity index (χ1n) is 12.4. The van der Waals surface area contributed by atoms with Gasteiger partial charge in [0.1, 0.15) is 18.0 Å². The summed E-state index contributed by atoms with van der Waals surface area (Å²) in [5.74, 6) is 0.841. The lowest BCUT2D eigenvalue weighted by atomic mass is 10.0. The summed E-state index contributed by atoms with van der Waals surface area (Å²) in [5, 5.41) is 0. The zero-order chi connectivity index (χ0) is 23.8. The number of ether oxygens (including phenoxy) is 2. The summed E-state index contributed by atoms with van der Waals surface area (Å²) in [6.07, 6.45) is 3.91. The Morgan fingerprint density at radius 3 is 2.06 bits per heavy atom. The maximum Gasteiger partial charge on any atom is 0.410 e. The summed E-state index contributed by atoms with van der Waals surface area (Å²) in [4.78, 5) is 16.6. The molecule has 2 heterocycles. The van der Waals surface area contributed by atoms with Crippen molar-refractivity contribution >= 4 is 11.8 Å². The molecule has 0 N–H and O–H groups in total. The maximum absolute atomic E-state index is 12.4. The predicted molar refractivity (Wildman–Crippen MR) is 135 cm³/mol. The summed E-state index contributed by atoms with van der Waals surface area (Å²) in [6, 6.07) is 17.3. The molecule has 5 heteroatoms. The molecule has 4 rings (SSSR count). The molecule has 0 aliphatic carbocycles. The monoisotopic (exact) mass is 452 g/mol. The van der Waals surface area contributed by atoms with Crippen LogP contribution in [0.5, 0.6) is 5.75 Å². The highest BCUT2D eigenvalue weighted by Crippen LogP contribution is 2.24. The molecule has 2 saturated heterocycles. The topological polar surface area (TPSA) is 42.0 Å². The molecule has 180 valence electrons. The maximum atomic E-state index is 12.4. The minimum absolute atomic E-state index is 0.0689. The zero-order valence-corrected chi connectivity index (χ0v) is 21.0. The van der Waals surface area contributed by atoms with Crippen molar-refractivity contribution in [2.45, 2.75) is 71.9 Å². The molecule has 2 aromatic rings. The van der Waals surface area contributed by atoms with E-state index < -0.39 is 5.60 Å². The molecule has 1 unspecified atom stereocenters. The van der Waals surface area contributed by atoms with Crippen LogP contribution in [0.3, 0.4) is 0 Å². The largest absolute Gasteiger partial charge is 0.491 e. The van der Waals surface area contributed by atoms with Gasteiger partial charge in [-0.25, -0.2) is 4.79 Å². The van der Waals surface area contributed by atoms with Gasteiger partial charge in [0, 0.05) is 25.3 Å². The molecule has 2 aliphatic rings. The quantitative estimate of drug-likeness (QED) is 0.516. The second-order valence-corrected chi connectivity index (χ2v) is 9.61. The molecule has 0 saturated carbocycles. The van der Waals surface area contributed by atoms with E-state index in [9.17, 15) is 4.79 Å². The van der Waals surface area contributed by atoms with Gasteiger partial charge in [-0.3, -0.25) is 0 Å². The summed E-state index contributed by atoms with van der Waals surface area (Å²) in [7, 11) is 0. The third-order valence-electron chi connectivity index (χ3n) is 5.94. The van der Waals surface area contributed by atoms with E-state index in [1.165, 1.54) is 36.3 Å². The number of hydrogen-bond acceptors (Lipinski definition) is 4. The van der Waals surface area contributed by atoms with Gasteiger partial charge < -0.3 is 19.3 Å². The van der Waals surface area contributed by atoms with Gasteiger partial charge in [-0.15, -0.1) is 0 Å². The van der Waals surface area contributed by atoms with Crippen LogP contribution in [-0.2, 0) is 11.2 Å². The molecule has 1 atom stereocenters. The number of nitrogens with zero attached hydrogens (tertiary/aromatic N) is 2. The highest BCUT2D eigenvalue weighted by Gasteiger charge is 2.32. The van der Waals surface area contributed by atoms with Crippen LogP contribution in [-0.4, -0.2) is 48.9 Å². The molecule has 0 radical (unpaired) electrons. The van der Waals surface area contributed by atoms with Crippen molar-refractivity contribution in [3.05, 3.63) is 59.7 Å². The average molecular weight is 453 g/mol. The van der Waals surface area contributed by atoms with Crippen LogP contribution in [0.15, 0.2) is 48.5 Å². The van der Waals surface area contributed by atoms with Crippen LogP contribution in [0.2, 0.25) is 0 Å². The Labute approximate surface area is 199 Å². The Hall–Kier alpha value is -2.69. The number of rotatable bonds is 6. The molecule has 0 aromatic heterocycles. The van der Waals surface area contributed by atoms with Crippen molar-refractivity contribution in [1.82, 2.24) is 4.90 Å². The van der Waals surface area contributed by atoms with Crippen molar-refractivity contribution in [2.24, 2.45) is 0 Å². The molecule has 1 amide bonds. The minimum Gasteiger partial charge on any atom is -0.491 e. The lowest BCUT2D eigenvalue weighted by Crippen LogP contribution is -2.42. The van der Waals surface area contributed by atoms with Crippen LogP contribution >= 0.6 is 0 Å². The van der Waals surface area contributed by atoms with Gasteiger partial charge in [0.2, 0.25) is 0 Å². The normalized spacial score (nSPS) is 17.7. The van der Waals surface area contributed by atoms with Crippen LogP contribution in [0, 0.1) is 0 Å². The first-order valence-corrected chi connectivity index (χ1v) is 12.4. The van der Waals surface area contributed by atoms with E-state index in [1.807, 2.05) is 51.7 Å². The van der Waals surface area contributed by atoms with E-state index in [-0.39, 0.29) is 12.1 Å². The van der Waals surface area contributed by atoms with Crippen molar-refractivity contribution in [2.75, 3.05) is 31.1 Å². The van der Waals surface area contributed by atoms with Gasteiger partial charge in [-0.05, 0) is 81.8 Å². The number of likely N-dealkylation sites (tertiary alicyclic amines) is 1. The Bertz CT molecular complexity index is 868. The molecule has 0 spiro atoms. The zero-order valence-electron chi connectivity index (χ0n) is 21.0. The molecule has 2 aromatic carbocycles. The molecule has 0 bridgehead atoms. The summed E-state index contributed by atoms with van der Waals surface area (Å²) < 4.78 is 11.5. The molecule has 2 fully saturated rings. The second-order valence-electron chi connectivity index (χ2n) is 9.61. The van der Waals surface area contributed by atoms with Crippen LogP contribution in [0.1, 0.15) is 65.0 Å². The summed E-state index contributed by atoms with van der Waals surface area (Å²) in [6.45, 7) is 13.3. The smallest absolute Gasteiger partial charge is 0.410 e. The number of benzene rings is 2. The Morgan fingerprint density at radius 2 is 1.52 bits per heavy atom. The van der Waals surface area contributed by atoms with E-state index in [1.54, 1.807) is 0 Å². The second kappa shape index (κ2) is 11.4. The van der Waals surface area contributed by atoms with Crippen LogP contribution in [0.25, 0.3) is 0 Å². The minimum atomic E-state index is -0.476. The molecular weight excluding hydrogens is 412 g/mol. The number of hydrogen-bond donors (Lipinski definition) is 0. The van der Waals surface area contributed by atoms with Crippen LogP contribution < -0.4 is 9.64 Å². The molecular formula is C28H40N2O3. The summed E-state index contributed by atoms with van der Waals surface area (Å²) >= 11 is 0. The number of anilines is 1. The fraction of sp³-hybridized carbons (Fsp3) is 0.536. The first-order chi connectivity index (χ1) is 15.9. The Morgan fingerprint density at radius 1 is 0.909 bits per heavy atom. The fourth-order valence-corrected chi connectivity index (χ4v) is 4.10. The third-order valence-corrected chi connectivity index (χ3v) is 5.94.